The first kappa shape index (κ1) is 22.4. The minimum absolute atomic E-state index is 0.0000301. The summed E-state index contributed by atoms with van der Waals surface area (Å²) in [6.45, 7) is 3.52. The second-order valence-electron chi connectivity index (χ2n) is 9.44. The molecule has 0 radical (unpaired) electrons. The molecule has 2 saturated heterocycles. The van der Waals surface area contributed by atoms with Crippen LogP contribution in [-0.4, -0.2) is 49.4 Å². The minimum atomic E-state index is -0.229. The molecule has 3 aromatic carbocycles. The second-order valence-corrected chi connectivity index (χ2v) is 9.44. The number of nitrogens with zero attached hydrogens (tertiary/aromatic N) is 2. The number of amides is 2. The normalized spacial score (nSPS) is 20.5. The van der Waals surface area contributed by atoms with Crippen molar-refractivity contribution in [3.05, 3.63) is 78.1 Å². The lowest BCUT2D eigenvalue weighted by Crippen LogP contribution is -2.46. The number of carbonyl (C=O) groups is 2. The molecule has 6 heteroatoms. The van der Waals surface area contributed by atoms with Crippen LogP contribution in [0, 0.1) is 17.7 Å². The van der Waals surface area contributed by atoms with Crippen molar-refractivity contribution >= 4 is 28.3 Å². The lowest BCUT2D eigenvalue weighted by Gasteiger charge is -2.32. The summed E-state index contributed by atoms with van der Waals surface area (Å²) in [6, 6.07) is 20.3. The van der Waals surface area contributed by atoms with Crippen molar-refractivity contribution in [2.45, 2.75) is 19.3 Å². The van der Waals surface area contributed by atoms with Crippen LogP contribution in [0.1, 0.15) is 29.6 Å². The molecule has 34 heavy (non-hydrogen) atoms. The first-order valence-electron chi connectivity index (χ1n) is 12.1. The Hall–Kier alpha value is -3.41. The first-order chi connectivity index (χ1) is 16.6. The van der Waals surface area contributed by atoms with Gasteiger partial charge in [-0.3, -0.25) is 9.59 Å². The molecule has 0 aromatic heterocycles. The summed E-state index contributed by atoms with van der Waals surface area (Å²) in [5, 5.41) is 5.14. The van der Waals surface area contributed by atoms with Gasteiger partial charge in [0.05, 0.1) is 5.92 Å². The topological polar surface area (TPSA) is 52.7 Å². The third-order valence-electron chi connectivity index (χ3n) is 7.14. The monoisotopic (exact) mass is 459 g/mol. The van der Waals surface area contributed by atoms with Crippen molar-refractivity contribution in [1.29, 1.82) is 0 Å². The smallest absolute Gasteiger partial charge is 0.254 e. The molecule has 3 aromatic rings. The van der Waals surface area contributed by atoms with Crippen LogP contribution in [-0.2, 0) is 4.79 Å². The van der Waals surface area contributed by atoms with E-state index < -0.39 is 0 Å². The number of carbonyl (C=O) groups excluding carboxylic acids is 2. The molecule has 0 aliphatic carbocycles. The van der Waals surface area contributed by atoms with Gasteiger partial charge in [-0.25, -0.2) is 4.39 Å². The van der Waals surface area contributed by atoms with Crippen molar-refractivity contribution in [2.24, 2.45) is 11.8 Å². The molecule has 1 N–H and O–H groups in total. The fourth-order valence-corrected chi connectivity index (χ4v) is 5.23. The number of rotatable bonds is 5. The third kappa shape index (κ3) is 4.76. The van der Waals surface area contributed by atoms with Crippen LogP contribution in [0.5, 0.6) is 0 Å². The molecule has 2 unspecified atom stereocenters. The maximum atomic E-state index is 13.3. The van der Waals surface area contributed by atoms with Crippen LogP contribution in [0.3, 0.4) is 0 Å². The molecule has 2 heterocycles. The van der Waals surface area contributed by atoms with Crippen molar-refractivity contribution in [3.8, 4) is 0 Å². The van der Waals surface area contributed by atoms with Gasteiger partial charge in [0.1, 0.15) is 5.82 Å². The quantitative estimate of drug-likeness (QED) is 0.612. The predicted molar refractivity (Wildman–Crippen MR) is 132 cm³/mol. The third-order valence-corrected chi connectivity index (χ3v) is 7.14. The number of hydrogen-bond acceptors (Lipinski definition) is 3. The molecule has 176 valence electrons. The lowest BCUT2D eigenvalue weighted by molar-refractivity contribution is -0.126. The summed E-state index contributed by atoms with van der Waals surface area (Å²) in [5.74, 6) is -0.00352. The van der Waals surface area contributed by atoms with Gasteiger partial charge < -0.3 is 15.1 Å². The zero-order chi connectivity index (χ0) is 23.5. The van der Waals surface area contributed by atoms with Crippen LogP contribution >= 0.6 is 0 Å². The molecule has 2 atom stereocenters. The number of likely N-dealkylation sites (tertiary alicyclic amines) is 1. The summed E-state index contributed by atoms with van der Waals surface area (Å²) in [7, 11) is 0. The van der Waals surface area contributed by atoms with E-state index in [4.69, 9.17) is 0 Å². The molecule has 2 aliphatic rings. The Morgan fingerprint density at radius 2 is 1.71 bits per heavy atom. The predicted octanol–water partition coefficient (Wildman–Crippen LogP) is 4.47. The van der Waals surface area contributed by atoms with Gasteiger partial charge in [-0.2, -0.15) is 0 Å². The fourth-order valence-electron chi connectivity index (χ4n) is 5.23. The lowest BCUT2D eigenvalue weighted by atomic mass is 9.95. The second kappa shape index (κ2) is 9.84. The molecular weight excluding hydrogens is 429 g/mol. The minimum Gasteiger partial charge on any atom is -0.371 e. The van der Waals surface area contributed by atoms with Crippen molar-refractivity contribution in [1.82, 2.24) is 10.2 Å². The van der Waals surface area contributed by atoms with Crippen molar-refractivity contribution in [3.63, 3.8) is 0 Å². The number of piperidine rings is 1. The molecule has 5 nitrogen and oxygen atoms in total. The number of halogens is 1. The Bertz CT molecular complexity index is 1170. The zero-order valence-corrected chi connectivity index (χ0v) is 19.3. The standard InChI is InChI=1S/C28H30FN3O2/c29-23-10-12-24(13-11-23)31-16-14-20(18-31)17-30-27(33)22-7-4-15-32(19-22)28(34)26-9-3-6-21-5-1-2-8-25(21)26/h1-3,5-6,8-13,20,22H,4,7,14-19H2,(H,30,33). The maximum absolute atomic E-state index is 13.3. The highest BCUT2D eigenvalue weighted by Gasteiger charge is 2.30. The van der Waals surface area contributed by atoms with E-state index in [1.807, 2.05) is 47.4 Å². The van der Waals surface area contributed by atoms with E-state index >= 15 is 0 Å². The molecule has 0 bridgehead atoms. The SMILES string of the molecule is O=C(NCC1CCN(c2ccc(F)cc2)C1)C1CCCN(C(=O)c2cccc3ccccc23)C1. The average molecular weight is 460 g/mol. The van der Waals surface area contributed by atoms with Gasteiger partial charge in [0.15, 0.2) is 0 Å². The molecule has 0 spiro atoms. The van der Waals surface area contributed by atoms with Gasteiger partial charge >= 0.3 is 0 Å². The Kier molecular flexibility index (Phi) is 6.48. The van der Waals surface area contributed by atoms with Crippen molar-refractivity contribution < 1.29 is 14.0 Å². The van der Waals surface area contributed by atoms with Gasteiger partial charge in [0.2, 0.25) is 5.91 Å². The van der Waals surface area contributed by atoms with Crippen molar-refractivity contribution in [2.75, 3.05) is 37.6 Å². The summed E-state index contributed by atoms with van der Waals surface area (Å²) >= 11 is 0. The Morgan fingerprint density at radius 3 is 2.56 bits per heavy atom. The molecule has 5 rings (SSSR count). The Balaban J connectivity index is 1.16. The molecule has 2 fully saturated rings. The summed E-state index contributed by atoms with van der Waals surface area (Å²) in [5.41, 5.74) is 1.72. The van der Waals surface area contributed by atoms with Crippen LogP contribution in [0.2, 0.25) is 0 Å². The summed E-state index contributed by atoms with van der Waals surface area (Å²) in [6.07, 6.45) is 2.63. The van der Waals surface area contributed by atoms with Gasteiger partial charge in [0, 0.05) is 44.0 Å². The molecule has 0 saturated carbocycles. The number of hydrogen-bond donors (Lipinski definition) is 1. The fraction of sp³-hybridized carbons (Fsp3) is 0.357. The largest absolute Gasteiger partial charge is 0.371 e. The van der Waals surface area contributed by atoms with Crippen LogP contribution in [0.15, 0.2) is 66.7 Å². The van der Waals surface area contributed by atoms with Gasteiger partial charge in [0.25, 0.3) is 5.91 Å². The van der Waals surface area contributed by atoms with Gasteiger partial charge in [-0.15, -0.1) is 0 Å². The van der Waals surface area contributed by atoms with E-state index in [0.717, 1.165) is 48.8 Å². The van der Waals surface area contributed by atoms with E-state index in [1.165, 1.54) is 12.1 Å². The molecule has 2 aliphatic heterocycles. The van der Waals surface area contributed by atoms with E-state index in [1.54, 1.807) is 12.1 Å². The number of fused-ring (bicyclic) bond motifs is 1. The number of nitrogens with one attached hydrogen (secondary N) is 1. The van der Waals surface area contributed by atoms with Gasteiger partial charge in [-0.1, -0.05) is 36.4 Å². The molecule has 2 amide bonds. The van der Waals surface area contributed by atoms with E-state index in [-0.39, 0.29) is 23.5 Å². The highest BCUT2D eigenvalue weighted by molar-refractivity contribution is 6.07. The molecular formula is C28H30FN3O2. The highest BCUT2D eigenvalue weighted by Crippen LogP contribution is 2.25. The highest BCUT2D eigenvalue weighted by atomic mass is 19.1. The van der Waals surface area contributed by atoms with E-state index in [9.17, 15) is 14.0 Å². The van der Waals surface area contributed by atoms with E-state index in [0.29, 0.717) is 31.1 Å². The number of anilines is 1. The van der Waals surface area contributed by atoms with Crippen LogP contribution < -0.4 is 10.2 Å². The summed E-state index contributed by atoms with van der Waals surface area (Å²) < 4.78 is 13.2. The van der Waals surface area contributed by atoms with Gasteiger partial charge in [-0.05, 0) is 66.3 Å². The first-order valence-corrected chi connectivity index (χ1v) is 12.1. The zero-order valence-electron chi connectivity index (χ0n) is 19.3. The maximum Gasteiger partial charge on any atom is 0.254 e. The Labute approximate surface area is 199 Å². The van der Waals surface area contributed by atoms with E-state index in [2.05, 4.69) is 10.2 Å². The van der Waals surface area contributed by atoms with Crippen LogP contribution in [0.25, 0.3) is 10.8 Å². The summed E-state index contributed by atoms with van der Waals surface area (Å²) in [4.78, 5) is 30.3. The Morgan fingerprint density at radius 1 is 0.912 bits per heavy atom. The number of benzene rings is 3. The van der Waals surface area contributed by atoms with Crippen LogP contribution in [0.4, 0.5) is 10.1 Å². The average Bonchev–Trinajstić information content (AvgIpc) is 3.36.